The molecule has 78 valence electrons. The predicted octanol–water partition coefficient (Wildman–Crippen LogP) is 1.89. The lowest BCUT2D eigenvalue weighted by Crippen LogP contribution is -2.23. The van der Waals surface area contributed by atoms with Crippen LogP contribution in [0, 0.1) is 0 Å². The molecule has 1 aromatic heterocycles. The van der Waals surface area contributed by atoms with Crippen LogP contribution in [0.1, 0.15) is 26.5 Å². The molecule has 0 aromatic carbocycles. The first-order valence-electron chi connectivity index (χ1n) is 4.39. The third kappa shape index (κ3) is 2.70. The van der Waals surface area contributed by atoms with Crippen LogP contribution < -0.4 is 10.6 Å². The highest BCUT2D eigenvalue weighted by molar-refractivity contribution is 7.80. The van der Waals surface area contributed by atoms with Gasteiger partial charge in [0.15, 0.2) is 5.11 Å². The highest BCUT2D eigenvalue weighted by Crippen LogP contribution is 2.23. The molecule has 0 saturated carbocycles. The lowest BCUT2D eigenvalue weighted by atomic mass is 9.92. The Kier molecular flexibility index (Phi) is 3.10. The molecule has 0 fully saturated rings. The zero-order valence-electron chi connectivity index (χ0n) is 8.84. The summed E-state index contributed by atoms with van der Waals surface area (Å²) in [6.07, 6.45) is 0. The van der Waals surface area contributed by atoms with Crippen molar-refractivity contribution in [3.8, 4) is 0 Å². The molecule has 0 spiro atoms. The van der Waals surface area contributed by atoms with Crippen LogP contribution >= 0.6 is 12.2 Å². The van der Waals surface area contributed by atoms with Gasteiger partial charge in [-0.1, -0.05) is 25.9 Å². The van der Waals surface area contributed by atoms with E-state index in [4.69, 9.17) is 16.7 Å². The first-order chi connectivity index (χ1) is 6.43. The minimum absolute atomic E-state index is 0.00923. The monoisotopic (exact) mass is 213 g/mol. The average Bonchev–Trinajstić information content (AvgIpc) is 2.51. The lowest BCUT2D eigenvalue weighted by Gasteiger charge is -2.12. The highest BCUT2D eigenvalue weighted by Gasteiger charge is 2.18. The third-order valence-electron chi connectivity index (χ3n) is 1.74. The maximum absolute atomic E-state index is 5.08. The van der Waals surface area contributed by atoms with Crippen LogP contribution in [-0.2, 0) is 5.41 Å². The van der Waals surface area contributed by atoms with Crippen molar-refractivity contribution < 1.29 is 4.52 Å². The molecule has 0 aliphatic carbocycles. The molecule has 4 nitrogen and oxygen atoms in total. The van der Waals surface area contributed by atoms with Crippen LogP contribution in [0.3, 0.4) is 0 Å². The Bertz CT molecular complexity index is 327. The van der Waals surface area contributed by atoms with Gasteiger partial charge < -0.3 is 15.2 Å². The molecular weight excluding hydrogens is 198 g/mol. The minimum Gasteiger partial charge on any atom is -0.365 e. The quantitative estimate of drug-likeness (QED) is 0.698. The maximum atomic E-state index is 5.08. The van der Waals surface area contributed by atoms with Gasteiger partial charge in [0.1, 0.15) is 0 Å². The Labute approximate surface area is 89.0 Å². The number of rotatable bonds is 1. The number of anilines is 1. The molecular formula is C9H15N3OS. The molecule has 5 heteroatoms. The van der Waals surface area contributed by atoms with Crippen molar-refractivity contribution in [1.82, 2.24) is 10.5 Å². The fourth-order valence-electron chi connectivity index (χ4n) is 0.862. The van der Waals surface area contributed by atoms with E-state index >= 15 is 0 Å². The summed E-state index contributed by atoms with van der Waals surface area (Å²) in [5.74, 6) is 0.564. The molecule has 0 atom stereocenters. The van der Waals surface area contributed by atoms with Gasteiger partial charge in [-0.05, 0) is 12.2 Å². The minimum atomic E-state index is -0.00923. The van der Waals surface area contributed by atoms with Crippen molar-refractivity contribution in [1.29, 1.82) is 0 Å². The fraction of sp³-hybridized carbons (Fsp3) is 0.556. The molecule has 0 radical (unpaired) electrons. The Morgan fingerprint density at radius 3 is 2.57 bits per heavy atom. The van der Waals surface area contributed by atoms with Gasteiger partial charge in [-0.2, -0.15) is 0 Å². The van der Waals surface area contributed by atoms with Gasteiger partial charge in [-0.15, -0.1) is 0 Å². The van der Waals surface area contributed by atoms with Crippen LogP contribution in [-0.4, -0.2) is 17.3 Å². The van der Waals surface area contributed by atoms with Crippen LogP contribution in [0.5, 0.6) is 0 Å². The molecule has 1 heterocycles. The molecule has 14 heavy (non-hydrogen) atoms. The second-order valence-corrected chi connectivity index (χ2v) is 4.44. The maximum Gasteiger partial charge on any atom is 0.231 e. The number of nitrogens with one attached hydrogen (secondary N) is 2. The molecule has 0 unspecified atom stereocenters. The van der Waals surface area contributed by atoms with E-state index in [1.807, 2.05) is 6.07 Å². The summed E-state index contributed by atoms with van der Waals surface area (Å²) in [6, 6.07) is 1.85. The van der Waals surface area contributed by atoms with Gasteiger partial charge in [0.05, 0.1) is 5.69 Å². The van der Waals surface area contributed by atoms with Crippen LogP contribution in [0.2, 0.25) is 0 Å². The van der Waals surface area contributed by atoms with E-state index in [1.54, 1.807) is 7.05 Å². The summed E-state index contributed by atoms with van der Waals surface area (Å²) in [5, 5.41) is 10.1. The summed E-state index contributed by atoms with van der Waals surface area (Å²) >= 11 is 4.93. The standard InChI is InChI=1S/C9H15N3OS/c1-9(2,3)6-5-7(13-12-6)11-8(14)10-4/h5H,1-4H3,(H2,10,11,14). The van der Waals surface area contributed by atoms with Gasteiger partial charge in [-0.3, -0.25) is 0 Å². The average molecular weight is 213 g/mol. The summed E-state index contributed by atoms with van der Waals surface area (Å²) in [4.78, 5) is 0. The van der Waals surface area contributed by atoms with Crippen molar-refractivity contribution in [2.75, 3.05) is 12.4 Å². The Hall–Kier alpha value is -1.10. The van der Waals surface area contributed by atoms with E-state index in [1.165, 1.54) is 0 Å². The fourth-order valence-corrected chi connectivity index (χ4v) is 0.963. The van der Waals surface area contributed by atoms with Gasteiger partial charge in [0.25, 0.3) is 0 Å². The van der Waals surface area contributed by atoms with Crippen molar-refractivity contribution in [2.45, 2.75) is 26.2 Å². The van der Waals surface area contributed by atoms with Crippen molar-refractivity contribution >= 4 is 23.2 Å². The number of hydrogen-bond acceptors (Lipinski definition) is 3. The molecule has 0 amide bonds. The highest BCUT2D eigenvalue weighted by atomic mass is 32.1. The molecule has 0 aliphatic heterocycles. The van der Waals surface area contributed by atoms with Crippen LogP contribution in [0.4, 0.5) is 5.88 Å². The van der Waals surface area contributed by atoms with Gasteiger partial charge >= 0.3 is 0 Å². The van der Waals surface area contributed by atoms with Crippen molar-refractivity contribution in [2.24, 2.45) is 0 Å². The Morgan fingerprint density at radius 1 is 1.50 bits per heavy atom. The first kappa shape index (κ1) is 11.0. The molecule has 2 N–H and O–H groups in total. The summed E-state index contributed by atoms with van der Waals surface area (Å²) in [5.41, 5.74) is 0.893. The van der Waals surface area contributed by atoms with E-state index in [-0.39, 0.29) is 5.41 Å². The molecule has 1 aromatic rings. The number of hydrogen-bond donors (Lipinski definition) is 2. The van der Waals surface area contributed by atoms with Crippen molar-refractivity contribution in [3.63, 3.8) is 0 Å². The predicted molar refractivity (Wildman–Crippen MR) is 60.5 cm³/mol. The van der Waals surface area contributed by atoms with Crippen LogP contribution in [0.25, 0.3) is 0 Å². The first-order valence-corrected chi connectivity index (χ1v) is 4.80. The molecule has 0 aliphatic rings. The summed E-state index contributed by atoms with van der Waals surface area (Å²) in [6.45, 7) is 6.22. The SMILES string of the molecule is CNC(=S)Nc1cc(C(C)(C)C)no1. The third-order valence-corrected chi connectivity index (χ3v) is 2.05. The molecule has 0 bridgehead atoms. The molecule has 0 saturated heterocycles. The van der Waals surface area contributed by atoms with Crippen LogP contribution in [0.15, 0.2) is 10.6 Å². The second kappa shape index (κ2) is 3.96. The van der Waals surface area contributed by atoms with Gasteiger partial charge in [0.2, 0.25) is 5.88 Å². The van der Waals surface area contributed by atoms with E-state index in [9.17, 15) is 0 Å². The topological polar surface area (TPSA) is 50.1 Å². The van der Waals surface area contributed by atoms with E-state index in [0.717, 1.165) is 5.69 Å². The molecule has 1 rings (SSSR count). The normalized spacial score (nSPS) is 11.1. The Morgan fingerprint density at radius 2 is 2.14 bits per heavy atom. The largest absolute Gasteiger partial charge is 0.365 e. The Balaban J connectivity index is 2.74. The van der Waals surface area contributed by atoms with Gasteiger partial charge in [0, 0.05) is 18.5 Å². The zero-order valence-corrected chi connectivity index (χ0v) is 9.66. The number of aromatic nitrogens is 1. The van der Waals surface area contributed by atoms with Gasteiger partial charge in [-0.25, -0.2) is 0 Å². The lowest BCUT2D eigenvalue weighted by molar-refractivity contribution is 0.405. The number of nitrogens with zero attached hydrogens (tertiary/aromatic N) is 1. The number of thiocarbonyl (C=S) groups is 1. The second-order valence-electron chi connectivity index (χ2n) is 4.03. The smallest absolute Gasteiger partial charge is 0.231 e. The summed E-state index contributed by atoms with van der Waals surface area (Å²) < 4.78 is 5.08. The zero-order chi connectivity index (χ0) is 10.8. The van der Waals surface area contributed by atoms with Crippen molar-refractivity contribution in [3.05, 3.63) is 11.8 Å². The van der Waals surface area contributed by atoms with E-state index < -0.39 is 0 Å². The van der Waals surface area contributed by atoms with E-state index in [0.29, 0.717) is 11.0 Å². The summed E-state index contributed by atoms with van der Waals surface area (Å²) in [7, 11) is 1.75. The van der Waals surface area contributed by atoms with E-state index in [2.05, 4.69) is 36.6 Å².